The number of ether oxygens (including phenoxy) is 3. The zero-order chi connectivity index (χ0) is 23.8. The molecule has 1 N–H and O–H groups in total. The molecule has 1 amide bonds. The van der Waals surface area contributed by atoms with Crippen LogP contribution >= 0.6 is 15.9 Å². The molecule has 0 saturated carbocycles. The highest BCUT2D eigenvalue weighted by molar-refractivity contribution is 9.10. The van der Waals surface area contributed by atoms with Gasteiger partial charge in [-0.2, -0.15) is 5.10 Å². The van der Waals surface area contributed by atoms with Crippen molar-refractivity contribution in [1.82, 2.24) is 5.43 Å². The van der Waals surface area contributed by atoms with Crippen LogP contribution < -0.4 is 19.6 Å². The third-order valence-electron chi connectivity index (χ3n) is 4.74. The minimum absolute atomic E-state index is 0.160. The summed E-state index contributed by atoms with van der Waals surface area (Å²) in [7, 11) is 1.47. The fourth-order valence-corrected chi connectivity index (χ4v) is 3.24. The summed E-state index contributed by atoms with van der Waals surface area (Å²) in [6, 6.07) is 17.5. The topological polar surface area (TPSA) is 86.2 Å². The summed E-state index contributed by atoms with van der Waals surface area (Å²) < 4.78 is 16.9. The fourth-order valence-electron chi connectivity index (χ4n) is 2.79. The number of benzene rings is 3. The first-order valence-electron chi connectivity index (χ1n) is 10.0. The smallest absolute Gasteiger partial charge is 0.344 e. The van der Waals surface area contributed by atoms with E-state index in [0.29, 0.717) is 27.1 Å². The van der Waals surface area contributed by atoms with Crippen LogP contribution in [-0.4, -0.2) is 31.8 Å². The molecule has 0 bridgehead atoms. The number of carbonyl (C=O) groups excluding carboxylic acids is 2. The average Bonchev–Trinajstić information content (AvgIpc) is 2.81. The number of hydrazone groups is 1. The molecule has 0 unspecified atom stereocenters. The van der Waals surface area contributed by atoms with Crippen LogP contribution in [0.25, 0.3) is 0 Å². The van der Waals surface area contributed by atoms with Crippen molar-refractivity contribution in [1.29, 1.82) is 0 Å². The van der Waals surface area contributed by atoms with Gasteiger partial charge < -0.3 is 14.2 Å². The van der Waals surface area contributed by atoms with Gasteiger partial charge in [-0.3, -0.25) is 4.79 Å². The molecule has 7 nitrogen and oxygen atoms in total. The Hall–Kier alpha value is -3.65. The Labute approximate surface area is 200 Å². The van der Waals surface area contributed by atoms with Crippen molar-refractivity contribution in [2.75, 3.05) is 13.7 Å². The lowest BCUT2D eigenvalue weighted by Gasteiger charge is -2.10. The second kappa shape index (κ2) is 11.3. The standard InChI is InChI=1S/C25H23BrN2O5/c1-16-8-10-19(12-17(16)2)32-15-24(29)28-27-14-18-9-11-22(23(13-18)31-3)33-25(30)20-6-4-5-7-21(20)26/h4-14H,15H2,1-3H3,(H,28,29)/b27-14+. The zero-order valence-electron chi connectivity index (χ0n) is 18.4. The Morgan fingerprint density at radius 2 is 1.79 bits per heavy atom. The van der Waals surface area contributed by atoms with Crippen LogP contribution in [0.3, 0.4) is 0 Å². The largest absolute Gasteiger partial charge is 0.493 e. The lowest BCUT2D eigenvalue weighted by Crippen LogP contribution is -2.24. The van der Waals surface area contributed by atoms with Crippen LogP contribution in [-0.2, 0) is 4.79 Å². The number of aryl methyl sites for hydroxylation is 2. The normalized spacial score (nSPS) is 10.7. The summed E-state index contributed by atoms with van der Waals surface area (Å²) >= 11 is 3.33. The first-order chi connectivity index (χ1) is 15.9. The van der Waals surface area contributed by atoms with Gasteiger partial charge in [0.1, 0.15) is 5.75 Å². The van der Waals surface area contributed by atoms with E-state index in [1.807, 2.05) is 38.1 Å². The third kappa shape index (κ3) is 6.66. The number of esters is 1. The van der Waals surface area contributed by atoms with E-state index in [2.05, 4.69) is 26.5 Å². The Balaban J connectivity index is 1.57. The molecule has 0 aliphatic rings. The highest BCUT2D eigenvalue weighted by Crippen LogP contribution is 2.29. The molecule has 0 aliphatic heterocycles. The molecule has 0 heterocycles. The maximum absolute atomic E-state index is 12.4. The molecule has 170 valence electrons. The molecular formula is C25H23BrN2O5. The number of nitrogens with zero attached hydrogens (tertiary/aromatic N) is 1. The molecule has 33 heavy (non-hydrogen) atoms. The minimum atomic E-state index is -0.516. The fraction of sp³-hybridized carbons (Fsp3) is 0.160. The molecule has 3 aromatic rings. The van der Waals surface area contributed by atoms with Gasteiger partial charge in [0.15, 0.2) is 18.1 Å². The summed E-state index contributed by atoms with van der Waals surface area (Å²) in [6.07, 6.45) is 1.45. The number of amides is 1. The monoisotopic (exact) mass is 510 g/mol. The van der Waals surface area contributed by atoms with E-state index in [1.54, 1.807) is 36.4 Å². The third-order valence-corrected chi connectivity index (χ3v) is 5.43. The van der Waals surface area contributed by atoms with Crippen LogP contribution in [0.4, 0.5) is 0 Å². The predicted octanol–water partition coefficient (Wildman–Crippen LogP) is 4.82. The van der Waals surface area contributed by atoms with Crippen molar-refractivity contribution in [2.24, 2.45) is 5.10 Å². The van der Waals surface area contributed by atoms with Crippen LogP contribution in [0.2, 0.25) is 0 Å². The lowest BCUT2D eigenvalue weighted by molar-refractivity contribution is -0.123. The summed E-state index contributed by atoms with van der Waals surface area (Å²) in [5, 5.41) is 3.94. The van der Waals surface area contributed by atoms with Gasteiger partial charge in [-0.25, -0.2) is 10.2 Å². The molecule has 0 radical (unpaired) electrons. The van der Waals surface area contributed by atoms with E-state index in [9.17, 15) is 9.59 Å². The second-order valence-corrected chi connectivity index (χ2v) is 7.96. The summed E-state index contributed by atoms with van der Waals surface area (Å²) in [5.41, 5.74) is 5.70. The summed E-state index contributed by atoms with van der Waals surface area (Å²) in [5.74, 6) is 0.327. The molecule has 0 atom stereocenters. The molecular weight excluding hydrogens is 488 g/mol. The quantitative estimate of drug-likeness (QED) is 0.203. The average molecular weight is 511 g/mol. The Bertz CT molecular complexity index is 1190. The van der Waals surface area contributed by atoms with E-state index in [1.165, 1.54) is 13.3 Å². The van der Waals surface area contributed by atoms with E-state index < -0.39 is 11.9 Å². The van der Waals surface area contributed by atoms with Crippen LogP contribution in [0, 0.1) is 13.8 Å². The number of hydrogen-bond donors (Lipinski definition) is 1. The van der Waals surface area contributed by atoms with Crippen molar-refractivity contribution in [2.45, 2.75) is 13.8 Å². The summed E-state index contributed by atoms with van der Waals surface area (Å²) in [6.45, 7) is 3.83. The van der Waals surface area contributed by atoms with Gasteiger partial charge in [0, 0.05) is 4.47 Å². The number of halogens is 1. The Morgan fingerprint density at radius 1 is 1.00 bits per heavy atom. The lowest BCUT2D eigenvalue weighted by atomic mass is 10.1. The van der Waals surface area contributed by atoms with Crippen LogP contribution in [0.15, 0.2) is 70.2 Å². The van der Waals surface area contributed by atoms with Crippen molar-refractivity contribution < 1.29 is 23.8 Å². The van der Waals surface area contributed by atoms with Gasteiger partial charge in [0.2, 0.25) is 0 Å². The highest BCUT2D eigenvalue weighted by Gasteiger charge is 2.15. The van der Waals surface area contributed by atoms with Gasteiger partial charge in [0.25, 0.3) is 5.91 Å². The molecule has 0 spiro atoms. The van der Waals surface area contributed by atoms with E-state index in [-0.39, 0.29) is 12.4 Å². The van der Waals surface area contributed by atoms with Crippen molar-refractivity contribution >= 4 is 34.0 Å². The van der Waals surface area contributed by atoms with Crippen molar-refractivity contribution in [3.05, 3.63) is 87.4 Å². The predicted molar refractivity (Wildman–Crippen MR) is 129 cm³/mol. The van der Waals surface area contributed by atoms with E-state index >= 15 is 0 Å². The first kappa shape index (κ1) is 24.0. The van der Waals surface area contributed by atoms with Crippen molar-refractivity contribution in [3.63, 3.8) is 0 Å². The molecule has 0 fully saturated rings. The molecule has 8 heteroatoms. The molecule has 0 saturated heterocycles. The molecule has 0 aliphatic carbocycles. The maximum atomic E-state index is 12.4. The minimum Gasteiger partial charge on any atom is -0.493 e. The van der Waals surface area contributed by atoms with E-state index in [4.69, 9.17) is 14.2 Å². The number of methoxy groups -OCH3 is 1. The molecule has 3 aromatic carbocycles. The maximum Gasteiger partial charge on any atom is 0.344 e. The number of rotatable bonds is 8. The number of hydrogen-bond acceptors (Lipinski definition) is 6. The first-order valence-corrected chi connectivity index (χ1v) is 10.8. The van der Waals surface area contributed by atoms with Crippen molar-refractivity contribution in [3.8, 4) is 17.2 Å². The Morgan fingerprint density at radius 3 is 2.52 bits per heavy atom. The highest BCUT2D eigenvalue weighted by atomic mass is 79.9. The number of nitrogens with one attached hydrogen (secondary N) is 1. The van der Waals surface area contributed by atoms with E-state index in [0.717, 1.165) is 11.1 Å². The van der Waals surface area contributed by atoms with Gasteiger partial charge >= 0.3 is 5.97 Å². The van der Waals surface area contributed by atoms with Crippen LogP contribution in [0.1, 0.15) is 27.0 Å². The van der Waals surface area contributed by atoms with Gasteiger partial charge in [-0.05, 0) is 88.9 Å². The Kier molecular flexibility index (Phi) is 8.21. The van der Waals surface area contributed by atoms with Gasteiger partial charge in [0.05, 0.1) is 18.9 Å². The van der Waals surface area contributed by atoms with Crippen LogP contribution in [0.5, 0.6) is 17.2 Å². The summed E-state index contributed by atoms with van der Waals surface area (Å²) in [4.78, 5) is 24.4. The van der Waals surface area contributed by atoms with Gasteiger partial charge in [-0.1, -0.05) is 18.2 Å². The SMILES string of the molecule is COc1cc(/C=N/NC(=O)COc2ccc(C)c(C)c2)ccc1OC(=O)c1ccccc1Br. The zero-order valence-corrected chi connectivity index (χ0v) is 20.0. The number of carbonyl (C=O) groups is 2. The molecule has 3 rings (SSSR count). The van der Waals surface area contributed by atoms with Gasteiger partial charge in [-0.15, -0.1) is 0 Å². The molecule has 0 aromatic heterocycles. The second-order valence-electron chi connectivity index (χ2n) is 7.11.